The van der Waals surface area contributed by atoms with E-state index < -0.39 is 0 Å². The number of hydrogen-bond acceptors (Lipinski definition) is 6. The monoisotopic (exact) mass is 1970 g/mol. The maximum Gasteiger partial charge on any atom is 0.0540 e. The van der Waals surface area contributed by atoms with Crippen LogP contribution in [0, 0.1) is 0 Å². The first-order valence-corrected chi connectivity index (χ1v) is 54.3. The molecule has 0 bridgehead atoms. The minimum Gasteiger partial charge on any atom is -0.309 e. The number of hydrogen-bond donors (Lipinski definition) is 0. The molecule has 0 spiro atoms. The van der Waals surface area contributed by atoms with E-state index in [4.69, 9.17) is 0 Å². The van der Waals surface area contributed by atoms with Crippen molar-refractivity contribution in [2.45, 2.75) is 136 Å². The molecular weight excluding hydrogens is 1860 g/mol. The van der Waals surface area contributed by atoms with E-state index in [0.29, 0.717) is 11.8 Å². The summed E-state index contributed by atoms with van der Waals surface area (Å²) in [4.78, 5) is 19.2. The Labute approximate surface area is 871 Å². The number of benzene rings is 21. The summed E-state index contributed by atoms with van der Waals surface area (Å²) in [5.41, 5.74) is 41.8. The molecule has 712 valence electrons. The first kappa shape index (κ1) is 89.3. The summed E-state index contributed by atoms with van der Waals surface area (Å²) in [6.45, 7) is 33.1. The van der Waals surface area contributed by atoms with Gasteiger partial charge >= 0.3 is 280 Å². The maximum atomic E-state index is 4.53. The van der Waals surface area contributed by atoms with E-state index in [-0.39, 0.29) is 41.6 Å². The SMILES string of the molecule is CC(C)c1ccc(-c2ccc3c(c2)C(C)(C)c2ccccc2N3c2ccc3c4ccc(N5c6ccc(-c7ccc(C(C)C)cc7)cc6C(C)(C)c6cc7c(cc65)[se]c5ccccc57)cc4c4ccccc4c3c2)cc1.CC1(C)c2ccccc2-c2cc3c(cc21)N(c1ccc2c4cccc5c(N6c7ccccc7C(C)(C)c7cc(-c8cccnc8)ccc76)ccc(c6cccc1c62)c54)c1ccc(-c2cccnc2)cc1C3(C)C. The van der Waals surface area contributed by atoms with Crippen molar-refractivity contribution < 1.29 is 0 Å². The topological polar surface area (TPSA) is 38.7 Å². The third-order valence-electron chi connectivity index (χ3n) is 34.5. The van der Waals surface area contributed by atoms with Crippen LogP contribution in [0.3, 0.4) is 0 Å². The van der Waals surface area contributed by atoms with Crippen LogP contribution in [0.2, 0.25) is 0 Å². The number of aromatic nitrogens is 2. The number of rotatable bonds is 10. The Kier molecular flexibility index (Phi) is 19.8. The second-order valence-corrected chi connectivity index (χ2v) is 47.4. The van der Waals surface area contributed by atoms with Gasteiger partial charge in [-0.1, -0.05) is 247 Å². The average molecular weight is 1970 g/mol. The number of anilines is 12. The largest absolute Gasteiger partial charge is 0.309 e. The van der Waals surface area contributed by atoms with Gasteiger partial charge < -0.3 is 14.7 Å². The third-order valence-corrected chi connectivity index (χ3v) is 36.9. The molecule has 0 N–H and O–H groups in total. The van der Waals surface area contributed by atoms with Crippen molar-refractivity contribution in [2.75, 3.05) is 19.6 Å². The predicted octanol–water partition coefficient (Wildman–Crippen LogP) is 38.7. The van der Waals surface area contributed by atoms with Gasteiger partial charge in [-0.3, -0.25) is 9.97 Å². The number of fused-ring (bicyclic) bond motifs is 22. The summed E-state index contributed by atoms with van der Waals surface area (Å²) in [5, 5.41) is 20.5. The Hall–Kier alpha value is -16.3. The van der Waals surface area contributed by atoms with Gasteiger partial charge in [0.25, 0.3) is 0 Å². The third kappa shape index (κ3) is 13.3. The van der Waals surface area contributed by atoms with Crippen molar-refractivity contribution in [2.24, 2.45) is 0 Å². The summed E-state index contributed by atoms with van der Waals surface area (Å²) in [6, 6.07) is 148. The fourth-order valence-electron chi connectivity index (χ4n) is 26.6. The first-order chi connectivity index (χ1) is 71.8. The van der Waals surface area contributed by atoms with E-state index in [2.05, 4.69) is 503 Å². The molecule has 7 heteroatoms. The van der Waals surface area contributed by atoms with E-state index in [0.717, 1.165) is 16.8 Å². The normalized spacial score (nSPS) is 15.0. The minimum absolute atomic E-state index is 0.153. The quantitative estimate of drug-likeness (QED) is 0.0772. The van der Waals surface area contributed by atoms with Crippen LogP contribution in [0.1, 0.15) is 176 Å². The molecule has 0 amide bonds. The van der Waals surface area contributed by atoms with Crippen LogP contribution in [0.4, 0.5) is 68.2 Å². The maximum absolute atomic E-state index is 4.53. The van der Waals surface area contributed by atoms with Crippen molar-refractivity contribution in [1.29, 1.82) is 0 Å². The van der Waals surface area contributed by atoms with Gasteiger partial charge in [0.1, 0.15) is 0 Å². The minimum atomic E-state index is -0.304. The van der Waals surface area contributed by atoms with Crippen LogP contribution in [0.15, 0.2) is 413 Å². The van der Waals surface area contributed by atoms with Crippen molar-refractivity contribution >= 4 is 177 Å². The van der Waals surface area contributed by atoms with Crippen LogP contribution in [-0.2, 0) is 27.1 Å². The molecule has 1 aliphatic carbocycles. The molecule has 21 aromatic carbocycles. The van der Waals surface area contributed by atoms with Crippen molar-refractivity contribution in [3.8, 4) is 55.6 Å². The van der Waals surface area contributed by atoms with Crippen LogP contribution in [0.25, 0.3) is 150 Å². The van der Waals surface area contributed by atoms with E-state index in [9.17, 15) is 0 Å². The number of para-hydroxylation sites is 2. The summed E-state index contributed by atoms with van der Waals surface area (Å²) in [6.07, 6.45) is 7.64. The fourth-order valence-corrected chi connectivity index (χ4v) is 28.9. The molecule has 29 rings (SSSR count). The second-order valence-electron chi connectivity index (χ2n) is 45.1. The van der Waals surface area contributed by atoms with Crippen LogP contribution < -0.4 is 19.6 Å². The van der Waals surface area contributed by atoms with Gasteiger partial charge in [-0.15, -0.1) is 0 Å². The van der Waals surface area contributed by atoms with E-state index in [1.54, 1.807) is 0 Å². The number of pyridine rings is 2. The van der Waals surface area contributed by atoms with Gasteiger partial charge in [0.15, 0.2) is 0 Å². The van der Waals surface area contributed by atoms with Crippen molar-refractivity contribution in [3.63, 3.8) is 0 Å². The van der Waals surface area contributed by atoms with Crippen molar-refractivity contribution in [3.05, 3.63) is 480 Å². The summed E-state index contributed by atoms with van der Waals surface area (Å²) in [7, 11) is 0. The molecule has 7 heterocycles. The van der Waals surface area contributed by atoms with Crippen LogP contribution in [0.5, 0.6) is 0 Å². The molecule has 0 saturated carbocycles. The molecule has 0 saturated heterocycles. The number of nitrogens with zero attached hydrogens (tertiary/aromatic N) is 6. The van der Waals surface area contributed by atoms with E-state index in [1.165, 1.54) is 269 Å². The Morgan fingerprint density at radius 3 is 1.03 bits per heavy atom. The zero-order valence-electron chi connectivity index (χ0n) is 86.0. The standard InChI is InChI=1S/C72H60N2Se.C69H52N4/c1-43(2)45-21-25-47(26-22-45)49-29-35-66-62(37-49)71(5,6)61-18-12-13-19-65(61)73(66)51-31-33-55-56-34-32-52(40-59(56)54-16-10-9-15-53(54)58(55)39-51)74-67-36-30-50(48-27-23-46(24-28-48)44(3)4)38-63(67)72(7,8)64-41-60-57-17-11-14-20-69(57)75-70(60)42-68(64)74;1-67(2)53-22-8-7-17-45(53)52-37-58-64(38-55(52)67)73(63-30-26-42(36-57(63)69(58,5)6)44-16-14-34-71-40-44)60-32-28-49-46-18-11-20-50-59(31-27-48(65(46)50)47-19-12-21-51(60)66(47)49)72-61-24-10-9-23-54(61)68(3,4)56-35-41(25-29-62(56)72)43-15-13-33-70-39-43/h9-44H,1-8H3;7-40H,1-6H3. The molecule has 4 aliphatic heterocycles. The smallest absolute Gasteiger partial charge is 0.0540 e. The van der Waals surface area contributed by atoms with Crippen LogP contribution >= 0.6 is 0 Å². The molecule has 3 aromatic heterocycles. The van der Waals surface area contributed by atoms with Gasteiger partial charge in [0, 0.05) is 57.2 Å². The van der Waals surface area contributed by atoms with Gasteiger partial charge in [-0.05, 0) is 224 Å². The molecule has 6 nitrogen and oxygen atoms in total. The van der Waals surface area contributed by atoms with Gasteiger partial charge in [-0.25, -0.2) is 0 Å². The zero-order chi connectivity index (χ0) is 100. The molecule has 5 aliphatic rings. The Bertz CT molecular complexity index is 9680. The molecule has 0 radical (unpaired) electrons. The van der Waals surface area contributed by atoms with Gasteiger partial charge in [0.2, 0.25) is 0 Å². The average Bonchev–Trinajstić information content (AvgIpc) is 1.18. The van der Waals surface area contributed by atoms with Gasteiger partial charge in [-0.2, -0.15) is 0 Å². The fraction of sp³-hybridized carbons (Fsp3) is 0.149. The van der Waals surface area contributed by atoms with Crippen LogP contribution in [-0.4, -0.2) is 24.5 Å². The Morgan fingerprint density at radius 1 is 0.196 bits per heavy atom. The molecule has 0 unspecified atom stereocenters. The summed E-state index contributed by atoms with van der Waals surface area (Å²) in [5.74, 6) is 0.991. The first-order valence-electron chi connectivity index (χ1n) is 52.6. The Morgan fingerprint density at radius 2 is 0.541 bits per heavy atom. The molecule has 24 aromatic rings. The molecule has 148 heavy (non-hydrogen) atoms. The Balaban J connectivity index is 0.000000143. The van der Waals surface area contributed by atoms with E-state index >= 15 is 0 Å². The van der Waals surface area contributed by atoms with E-state index in [1.807, 2.05) is 36.9 Å². The zero-order valence-corrected chi connectivity index (χ0v) is 87.7. The summed E-state index contributed by atoms with van der Waals surface area (Å²) < 4.78 is 2.93. The predicted molar refractivity (Wildman–Crippen MR) is 629 cm³/mol. The molecule has 0 atom stereocenters. The van der Waals surface area contributed by atoms with Crippen molar-refractivity contribution in [1.82, 2.24) is 9.97 Å². The molecule has 0 fully saturated rings. The molecular formula is C141H112N6Se. The second kappa shape index (κ2) is 32.9. The van der Waals surface area contributed by atoms with Gasteiger partial charge in [0.05, 0.1) is 45.5 Å². The summed E-state index contributed by atoms with van der Waals surface area (Å²) >= 11 is 0.234.